The van der Waals surface area contributed by atoms with Crippen LogP contribution in [-0.2, 0) is 6.54 Å². The van der Waals surface area contributed by atoms with Crippen molar-refractivity contribution in [2.75, 3.05) is 20.1 Å². The molecule has 17 heavy (non-hydrogen) atoms. The molecule has 0 bridgehead atoms. The summed E-state index contributed by atoms with van der Waals surface area (Å²) in [5.41, 5.74) is 1.67. The Morgan fingerprint density at radius 3 is 3.00 bits per heavy atom. The molecule has 1 fully saturated rings. The lowest BCUT2D eigenvalue weighted by Crippen LogP contribution is -2.40. The van der Waals surface area contributed by atoms with E-state index in [0.717, 1.165) is 25.2 Å². The molecule has 2 rings (SSSR count). The molecular formula is C13H18N4. The van der Waals surface area contributed by atoms with E-state index in [1.165, 1.54) is 12.8 Å². The topological polar surface area (TPSA) is 52.0 Å². The Bertz CT molecular complexity index is 404. The van der Waals surface area contributed by atoms with Gasteiger partial charge in [-0.15, -0.1) is 0 Å². The average Bonchev–Trinajstić information content (AvgIpc) is 2.40. The summed E-state index contributed by atoms with van der Waals surface area (Å²) in [6, 6.07) is 6.59. The van der Waals surface area contributed by atoms with E-state index < -0.39 is 0 Å². The predicted octanol–water partition coefficient (Wildman–Crippen LogP) is 1.14. The second-order valence-electron chi connectivity index (χ2n) is 4.56. The van der Waals surface area contributed by atoms with Gasteiger partial charge in [-0.05, 0) is 50.7 Å². The van der Waals surface area contributed by atoms with Gasteiger partial charge < -0.3 is 5.32 Å². The lowest BCUT2D eigenvalue weighted by Gasteiger charge is -2.31. The van der Waals surface area contributed by atoms with Gasteiger partial charge in [-0.2, -0.15) is 5.26 Å². The normalized spacial score (nSPS) is 17.0. The molecule has 1 aliphatic heterocycles. The number of hydrogen-bond donors (Lipinski definition) is 1. The van der Waals surface area contributed by atoms with E-state index in [4.69, 9.17) is 5.26 Å². The van der Waals surface area contributed by atoms with E-state index in [1.807, 2.05) is 12.1 Å². The fraction of sp³-hybridized carbons (Fsp3) is 0.538. The van der Waals surface area contributed by atoms with Crippen molar-refractivity contribution in [2.24, 2.45) is 0 Å². The number of rotatable bonds is 3. The second kappa shape index (κ2) is 5.76. The third kappa shape index (κ3) is 3.26. The third-order valence-electron chi connectivity index (χ3n) is 3.30. The quantitative estimate of drug-likeness (QED) is 0.846. The Balaban J connectivity index is 1.97. The molecule has 0 spiro atoms. The summed E-state index contributed by atoms with van der Waals surface area (Å²) in [7, 11) is 2.16. The van der Waals surface area contributed by atoms with Crippen LogP contribution in [0.1, 0.15) is 24.1 Å². The van der Waals surface area contributed by atoms with E-state index in [9.17, 15) is 0 Å². The predicted molar refractivity (Wildman–Crippen MR) is 66.3 cm³/mol. The van der Waals surface area contributed by atoms with Crippen LogP contribution in [0.3, 0.4) is 0 Å². The van der Waals surface area contributed by atoms with E-state index in [0.29, 0.717) is 11.7 Å². The van der Waals surface area contributed by atoms with Crippen LogP contribution in [-0.4, -0.2) is 36.1 Å². The lowest BCUT2D eigenvalue weighted by molar-refractivity contribution is 0.192. The summed E-state index contributed by atoms with van der Waals surface area (Å²) in [5.74, 6) is 0. The van der Waals surface area contributed by atoms with Gasteiger partial charge in [0.15, 0.2) is 0 Å². The molecule has 1 aliphatic rings. The van der Waals surface area contributed by atoms with Crippen LogP contribution in [0, 0.1) is 11.3 Å². The zero-order valence-electron chi connectivity index (χ0n) is 10.2. The third-order valence-corrected chi connectivity index (χ3v) is 3.30. The summed E-state index contributed by atoms with van der Waals surface area (Å²) in [6.07, 6.45) is 4.11. The van der Waals surface area contributed by atoms with Crippen molar-refractivity contribution < 1.29 is 0 Å². The van der Waals surface area contributed by atoms with Gasteiger partial charge in [0.25, 0.3) is 0 Å². The van der Waals surface area contributed by atoms with Gasteiger partial charge >= 0.3 is 0 Å². The largest absolute Gasteiger partial charge is 0.317 e. The number of nitrogens with one attached hydrogen (secondary N) is 1. The molecule has 0 saturated carbocycles. The minimum absolute atomic E-state index is 0.501. The van der Waals surface area contributed by atoms with E-state index in [1.54, 1.807) is 6.20 Å². The highest BCUT2D eigenvalue weighted by molar-refractivity contribution is 5.25. The van der Waals surface area contributed by atoms with Crippen molar-refractivity contribution in [2.45, 2.75) is 25.4 Å². The summed E-state index contributed by atoms with van der Waals surface area (Å²) < 4.78 is 0. The first-order chi connectivity index (χ1) is 8.29. The molecule has 0 aromatic carbocycles. The highest BCUT2D eigenvalue weighted by atomic mass is 15.1. The standard InChI is InChI=1S/C13H18N4/c1-17(13-3-5-15-6-4-13)10-11-2-7-16-12(8-11)9-14/h2,7-8,13,15H,3-6,10H2,1H3. The second-order valence-corrected chi connectivity index (χ2v) is 4.56. The van der Waals surface area contributed by atoms with Crippen molar-refractivity contribution >= 4 is 0 Å². The molecule has 1 N–H and O–H groups in total. The Hall–Kier alpha value is -1.44. The highest BCUT2D eigenvalue weighted by Gasteiger charge is 2.17. The van der Waals surface area contributed by atoms with Gasteiger partial charge in [0.05, 0.1) is 0 Å². The summed E-state index contributed by atoms with van der Waals surface area (Å²) in [6.45, 7) is 3.10. The van der Waals surface area contributed by atoms with E-state index >= 15 is 0 Å². The number of hydrogen-bond acceptors (Lipinski definition) is 4. The molecule has 0 radical (unpaired) electrons. The zero-order valence-corrected chi connectivity index (χ0v) is 10.2. The molecule has 4 heteroatoms. The molecule has 2 heterocycles. The molecule has 0 atom stereocenters. The van der Waals surface area contributed by atoms with Crippen LogP contribution in [0.4, 0.5) is 0 Å². The van der Waals surface area contributed by atoms with Crippen LogP contribution < -0.4 is 5.32 Å². The fourth-order valence-corrected chi connectivity index (χ4v) is 2.30. The smallest absolute Gasteiger partial charge is 0.140 e. The highest BCUT2D eigenvalue weighted by Crippen LogP contribution is 2.13. The van der Waals surface area contributed by atoms with Crippen LogP contribution >= 0.6 is 0 Å². The molecule has 1 aromatic heterocycles. The van der Waals surface area contributed by atoms with Crippen molar-refractivity contribution in [1.82, 2.24) is 15.2 Å². The molecule has 0 aliphatic carbocycles. The van der Waals surface area contributed by atoms with Crippen molar-refractivity contribution in [3.63, 3.8) is 0 Å². The van der Waals surface area contributed by atoms with Crippen molar-refractivity contribution in [3.05, 3.63) is 29.6 Å². The van der Waals surface area contributed by atoms with E-state index in [2.05, 4.69) is 28.3 Å². The van der Waals surface area contributed by atoms with Gasteiger partial charge in [0.2, 0.25) is 0 Å². The molecular weight excluding hydrogens is 212 g/mol. The molecule has 90 valence electrons. The van der Waals surface area contributed by atoms with Gasteiger partial charge in [-0.3, -0.25) is 4.90 Å². The van der Waals surface area contributed by atoms with Gasteiger partial charge in [0, 0.05) is 18.8 Å². The maximum Gasteiger partial charge on any atom is 0.140 e. The Morgan fingerprint density at radius 2 is 2.29 bits per heavy atom. The maximum atomic E-state index is 8.81. The van der Waals surface area contributed by atoms with Crippen LogP contribution in [0.25, 0.3) is 0 Å². The Labute approximate surface area is 102 Å². The zero-order chi connectivity index (χ0) is 12.1. The number of aromatic nitrogens is 1. The lowest BCUT2D eigenvalue weighted by atomic mass is 10.0. The van der Waals surface area contributed by atoms with Crippen LogP contribution in [0.15, 0.2) is 18.3 Å². The molecule has 1 aromatic rings. The van der Waals surface area contributed by atoms with Crippen LogP contribution in [0.2, 0.25) is 0 Å². The number of nitrogens with zero attached hydrogens (tertiary/aromatic N) is 3. The number of nitriles is 1. The monoisotopic (exact) mass is 230 g/mol. The number of piperidine rings is 1. The Morgan fingerprint density at radius 1 is 1.53 bits per heavy atom. The maximum absolute atomic E-state index is 8.81. The van der Waals surface area contributed by atoms with Crippen LogP contribution in [0.5, 0.6) is 0 Å². The SMILES string of the molecule is CN(Cc1ccnc(C#N)c1)C1CCNCC1. The fourth-order valence-electron chi connectivity index (χ4n) is 2.30. The molecule has 0 amide bonds. The van der Waals surface area contributed by atoms with Crippen molar-refractivity contribution in [3.8, 4) is 6.07 Å². The summed E-state index contributed by atoms with van der Waals surface area (Å²) >= 11 is 0. The van der Waals surface area contributed by atoms with E-state index in [-0.39, 0.29) is 0 Å². The summed E-state index contributed by atoms with van der Waals surface area (Å²) in [4.78, 5) is 6.36. The van der Waals surface area contributed by atoms with Gasteiger partial charge in [-0.25, -0.2) is 4.98 Å². The minimum atomic E-state index is 0.501. The first-order valence-corrected chi connectivity index (χ1v) is 6.05. The Kier molecular flexibility index (Phi) is 4.08. The number of pyridine rings is 1. The van der Waals surface area contributed by atoms with Gasteiger partial charge in [0.1, 0.15) is 11.8 Å². The minimum Gasteiger partial charge on any atom is -0.317 e. The molecule has 0 unspecified atom stereocenters. The first-order valence-electron chi connectivity index (χ1n) is 6.05. The molecule has 1 saturated heterocycles. The molecule has 4 nitrogen and oxygen atoms in total. The van der Waals surface area contributed by atoms with Gasteiger partial charge in [-0.1, -0.05) is 0 Å². The average molecular weight is 230 g/mol. The first kappa shape index (κ1) is 12.0. The summed E-state index contributed by atoms with van der Waals surface area (Å²) in [5, 5.41) is 12.2. The van der Waals surface area contributed by atoms with Crippen molar-refractivity contribution in [1.29, 1.82) is 5.26 Å².